The molecular weight excluding hydrogens is 665 g/mol. The minimum absolute atomic E-state index is 0.630. The Kier molecular flexibility index (Phi) is 7.63. The molecule has 5 heteroatoms. The maximum Gasteiger partial charge on any atom is 0.164 e. The smallest absolute Gasteiger partial charge is 0.164 e. The van der Waals surface area contributed by atoms with Crippen LogP contribution in [0.5, 0.6) is 0 Å². The molecule has 10 aromatic rings. The van der Waals surface area contributed by atoms with Crippen LogP contribution in [0.1, 0.15) is 0 Å². The van der Waals surface area contributed by atoms with Gasteiger partial charge in [-0.2, -0.15) is 0 Å². The second-order valence-corrected chi connectivity index (χ2v) is 14.1. The Bertz CT molecular complexity index is 2940. The van der Waals surface area contributed by atoms with Gasteiger partial charge in [0.05, 0.1) is 5.52 Å². The molecule has 0 fully saturated rings. The molecule has 0 unspecified atom stereocenters. The van der Waals surface area contributed by atoms with Crippen LogP contribution in [0.4, 0.5) is 0 Å². The molecule has 4 nitrogen and oxygen atoms in total. The van der Waals surface area contributed by atoms with Gasteiger partial charge in [-0.15, -0.1) is 11.3 Å². The van der Waals surface area contributed by atoms with E-state index in [2.05, 4.69) is 146 Å². The number of nitrogens with zero attached hydrogens (tertiary/aromatic N) is 4. The fraction of sp³-hybridized carbons (Fsp3) is 0. The lowest BCUT2D eigenvalue weighted by Crippen LogP contribution is -2.00. The van der Waals surface area contributed by atoms with Gasteiger partial charge in [0.1, 0.15) is 4.83 Å². The van der Waals surface area contributed by atoms with E-state index in [4.69, 9.17) is 19.9 Å². The Morgan fingerprint density at radius 1 is 0.321 bits per heavy atom. The summed E-state index contributed by atoms with van der Waals surface area (Å²) in [6.07, 6.45) is 0. The lowest BCUT2D eigenvalue weighted by Gasteiger charge is -2.12. The molecule has 248 valence electrons. The molecule has 0 atom stereocenters. The van der Waals surface area contributed by atoms with Gasteiger partial charge in [-0.3, -0.25) is 0 Å². The Balaban J connectivity index is 1.09. The van der Waals surface area contributed by atoms with Crippen LogP contribution in [0.2, 0.25) is 0 Å². The lowest BCUT2D eigenvalue weighted by atomic mass is 9.93. The average molecular weight is 695 g/mol. The number of fused-ring (bicyclic) bond motifs is 4. The van der Waals surface area contributed by atoms with Crippen molar-refractivity contribution in [1.82, 2.24) is 19.9 Å². The summed E-state index contributed by atoms with van der Waals surface area (Å²) in [4.78, 5) is 21.2. The Hall–Kier alpha value is -6.82. The molecular formula is C48H30N4S. The van der Waals surface area contributed by atoms with Crippen molar-refractivity contribution in [2.45, 2.75) is 0 Å². The highest BCUT2D eigenvalue weighted by atomic mass is 32.1. The van der Waals surface area contributed by atoms with Gasteiger partial charge in [0.25, 0.3) is 0 Å². The van der Waals surface area contributed by atoms with Crippen LogP contribution in [0.3, 0.4) is 0 Å². The summed E-state index contributed by atoms with van der Waals surface area (Å²) in [5.74, 6) is 1.91. The summed E-state index contributed by atoms with van der Waals surface area (Å²) in [6, 6.07) is 63.4. The molecule has 3 aromatic heterocycles. The summed E-state index contributed by atoms with van der Waals surface area (Å²) in [5, 5.41) is 3.60. The van der Waals surface area contributed by atoms with E-state index in [0.717, 1.165) is 54.7 Å². The Labute approximate surface area is 310 Å². The summed E-state index contributed by atoms with van der Waals surface area (Å²) in [6.45, 7) is 0. The SMILES string of the molecule is c1ccc(-c2ccc(-c3nc(-c4ccccc4)nc(-c4cccc(-c5cccc(-c6c7ccccc7nc7sc8ccccc8c67)c5)c4)n3)cc2)cc1. The topological polar surface area (TPSA) is 51.6 Å². The highest BCUT2D eigenvalue weighted by molar-refractivity contribution is 7.25. The number of hydrogen-bond acceptors (Lipinski definition) is 5. The van der Waals surface area contributed by atoms with E-state index in [1.807, 2.05) is 36.4 Å². The van der Waals surface area contributed by atoms with Crippen molar-refractivity contribution in [2.75, 3.05) is 0 Å². The van der Waals surface area contributed by atoms with E-state index in [0.29, 0.717) is 17.5 Å². The first kappa shape index (κ1) is 31.0. The van der Waals surface area contributed by atoms with Crippen molar-refractivity contribution in [2.24, 2.45) is 0 Å². The van der Waals surface area contributed by atoms with E-state index in [1.54, 1.807) is 11.3 Å². The summed E-state index contributed by atoms with van der Waals surface area (Å²) < 4.78 is 1.24. The molecule has 0 saturated carbocycles. The highest BCUT2D eigenvalue weighted by Gasteiger charge is 2.18. The third-order valence-electron chi connectivity index (χ3n) is 9.75. The van der Waals surface area contributed by atoms with Crippen LogP contribution in [-0.2, 0) is 0 Å². The monoisotopic (exact) mass is 694 g/mol. The van der Waals surface area contributed by atoms with Crippen LogP contribution in [0.25, 0.3) is 98.7 Å². The minimum Gasteiger partial charge on any atom is -0.237 e. The van der Waals surface area contributed by atoms with Crippen molar-refractivity contribution < 1.29 is 0 Å². The molecule has 0 aliphatic carbocycles. The second kappa shape index (κ2) is 13.1. The number of benzene rings is 7. The van der Waals surface area contributed by atoms with Crippen LogP contribution in [0, 0.1) is 0 Å². The summed E-state index contributed by atoms with van der Waals surface area (Å²) in [5.41, 5.74) is 10.7. The van der Waals surface area contributed by atoms with E-state index >= 15 is 0 Å². The largest absolute Gasteiger partial charge is 0.237 e. The summed E-state index contributed by atoms with van der Waals surface area (Å²) >= 11 is 1.75. The highest BCUT2D eigenvalue weighted by Crippen LogP contribution is 2.43. The molecule has 0 radical (unpaired) electrons. The molecule has 53 heavy (non-hydrogen) atoms. The van der Waals surface area contributed by atoms with Gasteiger partial charge in [0, 0.05) is 43.1 Å². The molecule has 0 saturated heterocycles. The Morgan fingerprint density at radius 2 is 0.792 bits per heavy atom. The minimum atomic E-state index is 0.630. The van der Waals surface area contributed by atoms with Gasteiger partial charge in [-0.1, -0.05) is 158 Å². The standard InChI is InChI=1S/C48H30N4S/c1-3-13-31(14-4-1)32-25-27-34(28-26-32)46-50-45(33-15-5-2-6-16-33)51-47(52-46)38-20-12-18-36(30-38)35-17-11-19-37(29-35)43-39-21-7-9-23-41(39)49-48-44(43)40-22-8-10-24-42(40)53-48/h1-30H. The third-order valence-corrected chi connectivity index (χ3v) is 10.8. The number of rotatable bonds is 6. The number of pyridine rings is 1. The predicted octanol–water partition coefficient (Wildman–Crippen LogP) is 12.8. The first-order chi connectivity index (χ1) is 26.2. The normalized spacial score (nSPS) is 11.4. The van der Waals surface area contributed by atoms with Crippen LogP contribution < -0.4 is 0 Å². The molecule has 0 aliphatic heterocycles. The van der Waals surface area contributed by atoms with Crippen molar-refractivity contribution >= 4 is 42.5 Å². The molecule has 0 spiro atoms. The van der Waals surface area contributed by atoms with E-state index in [-0.39, 0.29) is 0 Å². The number of hydrogen-bond donors (Lipinski definition) is 0. The van der Waals surface area contributed by atoms with Crippen LogP contribution in [0.15, 0.2) is 182 Å². The zero-order valence-corrected chi connectivity index (χ0v) is 29.3. The van der Waals surface area contributed by atoms with Gasteiger partial charge < -0.3 is 0 Å². The predicted molar refractivity (Wildman–Crippen MR) is 221 cm³/mol. The molecule has 0 N–H and O–H groups in total. The fourth-order valence-corrected chi connectivity index (χ4v) is 8.26. The quantitative estimate of drug-likeness (QED) is 0.174. The van der Waals surface area contributed by atoms with Gasteiger partial charge >= 0.3 is 0 Å². The molecule has 7 aromatic carbocycles. The van der Waals surface area contributed by atoms with Crippen LogP contribution in [-0.4, -0.2) is 19.9 Å². The zero-order chi connectivity index (χ0) is 35.1. The zero-order valence-electron chi connectivity index (χ0n) is 28.5. The van der Waals surface area contributed by atoms with Gasteiger partial charge in [-0.25, -0.2) is 19.9 Å². The van der Waals surface area contributed by atoms with Crippen molar-refractivity contribution in [1.29, 1.82) is 0 Å². The molecule has 0 bridgehead atoms. The Morgan fingerprint density at radius 3 is 1.51 bits per heavy atom. The van der Waals surface area contributed by atoms with Crippen molar-refractivity contribution in [3.63, 3.8) is 0 Å². The summed E-state index contributed by atoms with van der Waals surface area (Å²) in [7, 11) is 0. The third kappa shape index (κ3) is 5.74. The van der Waals surface area contributed by atoms with Crippen LogP contribution >= 0.6 is 11.3 Å². The molecule has 0 amide bonds. The maximum atomic E-state index is 5.10. The number of aromatic nitrogens is 4. The number of para-hydroxylation sites is 1. The maximum absolute atomic E-state index is 5.10. The van der Waals surface area contributed by atoms with E-state index < -0.39 is 0 Å². The molecule has 10 rings (SSSR count). The first-order valence-electron chi connectivity index (χ1n) is 17.6. The van der Waals surface area contributed by atoms with E-state index in [1.165, 1.54) is 26.6 Å². The fourth-order valence-electron chi connectivity index (χ4n) is 7.16. The molecule has 3 heterocycles. The lowest BCUT2D eigenvalue weighted by molar-refractivity contribution is 1.07. The van der Waals surface area contributed by atoms with Gasteiger partial charge in [0.15, 0.2) is 17.5 Å². The van der Waals surface area contributed by atoms with Gasteiger partial charge in [0.2, 0.25) is 0 Å². The number of thiophene rings is 1. The van der Waals surface area contributed by atoms with Crippen molar-refractivity contribution in [3.05, 3.63) is 182 Å². The molecule has 0 aliphatic rings. The first-order valence-corrected chi connectivity index (χ1v) is 18.5. The second-order valence-electron chi connectivity index (χ2n) is 13.1. The van der Waals surface area contributed by atoms with Gasteiger partial charge in [-0.05, 0) is 52.1 Å². The van der Waals surface area contributed by atoms with E-state index in [9.17, 15) is 0 Å². The average Bonchev–Trinajstić information content (AvgIpc) is 3.61. The van der Waals surface area contributed by atoms with Crippen molar-refractivity contribution in [3.8, 4) is 67.5 Å².